The maximum Gasteiger partial charge on any atom is 0.336 e. The third-order valence-corrected chi connectivity index (χ3v) is 4.46. The highest BCUT2D eigenvalue weighted by Crippen LogP contribution is 2.45. The van der Waals surface area contributed by atoms with Crippen LogP contribution in [0.15, 0.2) is 41.7 Å². The van der Waals surface area contributed by atoms with Crippen molar-refractivity contribution in [3.63, 3.8) is 0 Å². The average Bonchev–Trinajstić information content (AvgIpc) is 3.09. The van der Waals surface area contributed by atoms with Crippen LogP contribution in [0.1, 0.15) is 57.6 Å². The molecule has 2 aromatic rings. The summed E-state index contributed by atoms with van der Waals surface area (Å²) in [7, 11) is 0. The fourth-order valence-electron chi connectivity index (χ4n) is 3.46. The first-order valence-corrected chi connectivity index (χ1v) is 9.52. The fraction of sp³-hybridized carbons (Fsp3) is 0.429. The van der Waals surface area contributed by atoms with E-state index in [2.05, 4.69) is 22.4 Å². The molecule has 0 aliphatic carbocycles. The number of aromatic amines is 1. The molecule has 0 saturated carbocycles. The highest BCUT2D eigenvalue weighted by Gasteiger charge is 2.36. The van der Waals surface area contributed by atoms with E-state index in [1.165, 1.54) is 0 Å². The van der Waals surface area contributed by atoms with E-state index in [0.717, 1.165) is 41.2 Å². The van der Waals surface area contributed by atoms with Crippen molar-refractivity contribution in [3.05, 3.63) is 52.9 Å². The number of carbonyl (C=O) groups is 1. The Morgan fingerprint density at radius 2 is 2.00 bits per heavy atom. The summed E-state index contributed by atoms with van der Waals surface area (Å²) in [6, 6.07) is 7.86. The van der Waals surface area contributed by atoms with Gasteiger partial charge in [0, 0.05) is 16.8 Å². The van der Waals surface area contributed by atoms with Crippen molar-refractivity contribution in [2.24, 2.45) is 0 Å². The van der Waals surface area contributed by atoms with Gasteiger partial charge in [0.15, 0.2) is 0 Å². The van der Waals surface area contributed by atoms with Gasteiger partial charge >= 0.3 is 5.97 Å². The third-order valence-electron chi connectivity index (χ3n) is 4.46. The minimum absolute atomic E-state index is 0.0295. The molecule has 6 nitrogen and oxygen atoms in total. The Bertz CT molecular complexity index is 839. The van der Waals surface area contributed by atoms with E-state index in [9.17, 15) is 4.79 Å². The lowest BCUT2D eigenvalue weighted by Crippen LogP contribution is -2.25. The molecule has 144 valence electrons. The summed E-state index contributed by atoms with van der Waals surface area (Å²) in [4.78, 5) is 12.9. The van der Waals surface area contributed by atoms with Crippen LogP contribution in [0.5, 0.6) is 5.75 Å². The van der Waals surface area contributed by atoms with Gasteiger partial charge in [-0.3, -0.25) is 5.10 Å². The molecule has 1 aliphatic rings. The number of ether oxygens (including phenoxy) is 2. The van der Waals surface area contributed by atoms with Crippen molar-refractivity contribution in [1.82, 2.24) is 10.2 Å². The van der Waals surface area contributed by atoms with Gasteiger partial charge in [0.25, 0.3) is 0 Å². The molecular formula is C21H27N3O3. The third kappa shape index (κ3) is 3.84. The van der Waals surface area contributed by atoms with Crippen molar-refractivity contribution < 1.29 is 14.3 Å². The highest BCUT2D eigenvalue weighted by molar-refractivity contribution is 5.94. The Balaban J connectivity index is 2.19. The van der Waals surface area contributed by atoms with Crippen molar-refractivity contribution in [2.45, 2.75) is 52.6 Å². The quantitative estimate of drug-likeness (QED) is 0.709. The average molecular weight is 369 g/mol. The van der Waals surface area contributed by atoms with E-state index in [1.54, 1.807) is 6.20 Å². The summed E-state index contributed by atoms with van der Waals surface area (Å²) in [5.74, 6) is 0.986. The van der Waals surface area contributed by atoms with Gasteiger partial charge in [-0.25, -0.2) is 4.79 Å². The van der Waals surface area contributed by atoms with Crippen LogP contribution in [-0.2, 0) is 9.53 Å². The standard InChI is InChI=1S/C21H27N3O3/c1-5-9-16-19(21(25)26-6-2)18(15-12-22-24-20(15)23-16)14-10-7-8-11-17(14)27-13(3)4/h7-8,10-13,18H,5-6,9H2,1-4H3,(H2,22,23,24). The van der Waals surface area contributed by atoms with Crippen LogP contribution in [0.3, 0.4) is 0 Å². The van der Waals surface area contributed by atoms with Crippen molar-refractivity contribution in [3.8, 4) is 5.75 Å². The number of rotatable bonds is 7. The van der Waals surface area contributed by atoms with Gasteiger partial charge in [-0.15, -0.1) is 0 Å². The maximum atomic E-state index is 12.9. The fourth-order valence-corrected chi connectivity index (χ4v) is 3.46. The largest absolute Gasteiger partial charge is 0.491 e. The number of esters is 1. The SMILES string of the molecule is CCCC1=C(C(=O)OCC)C(c2ccccc2OC(C)C)c2cn[nH]c2N1. The molecule has 1 unspecified atom stereocenters. The molecule has 1 atom stereocenters. The van der Waals surface area contributed by atoms with Gasteiger partial charge in [0.2, 0.25) is 0 Å². The van der Waals surface area contributed by atoms with E-state index >= 15 is 0 Å². The zero-order valence-electron chi connectivity index (χ0n) is 16.3. The summed E-state index contributed by atoms with van der Waals surface area (Å²) in [5.41, 5.74) is 3.36. The Hall–Kier alpha value is -2.76. The maximum absolute atomic E-state index is 12.9. The molecule has 0 spiro atoms. The van der Waals surface area contributed by atoms with E-state index in [-0.39, 0.29) is 18.0 Å². The number of nitrogens with one attached hydrogen (secondary N) is 2. The summed E-state index contributed by atoms with van der Waals surface area (Å²) in [6.45, 7) is 8.23. The van der Waals surface area contributed by atoms with Gasteiger partial charge in [-0.2, -0.15) is 5.10 Å². The Kier molecular flexibility index (Phi) is 5.84. The van der Waals surface area contributed by atoms with E-state index in [0.29, 0.717) is 12.2 Å². The first kappa shape index (κ1) is 19.0. The van der Waals surface area contributed by atoms with Crippen LogP contribution >= 0.6 is 0 Å². The Morgan fingerprint density at radius 1 is 1.22 bits per heavy atom. The smallest absolute Gasteiger partial charge is 0.336 e. The summed E-state index contributed by atoms with van der Waals surface area (Å²) < 4.78 is 11.5. The molecule has 0 bridgehead atoms. The molecule has 1 aliphatic heterocycles. The van der Waals surface area contributed by atoms with Crippen LogP contribution in [0.25, 0.3) is 0 Å². The van der Waals surface area contributed by atoms with Crippen LogP contribution < -0.4 is 10.1 Å². The van der Waals surface area contributed by atoms with Crippen LogP contribution in [-0.4, -0.2) is 28.9 Å². The lowest BCUT2D eigenvalue weighted by Gasteiger charge is -2.30. The van der Waals surface area contributed by atoms with Gasteiger partial charge in [0.05, 0.1) is 30.4 Å². The first-order valence-electron chi connectivity index (χ1n) is 9.52. The minimum atomic E-state index is -0.301. The number of hydrogen-bond acceptors (Lipinski definition) is 5. The number of aromatic nitrogens is 2. The lowest BCUT2D eigenvalue weighted by atomic mass is 9.81. The number of fused-ring (bicyclic) bond motifs is 1. The number of para-hydroxylation sites is 1. The molecule has 27 heavy (non-hydrogen) atoms. The number of hydrogen-bond donors (Lipinski definition) is 2. The number of H-pyrrole nitrogens is 1. The highest BCUT2D eigenvalue weighted by atomic mass is 16.5. The second-order valence-corrected chi connectivity index (χ2v) is 6.83. The number of anilines is 1. The molecule has 0 radical (unpaired) electrons. The second-order valence-electron chi connectivity index (χ2n) is 6.83. The summed E-state index contributed by atoms with van der Waals surface area (Å²) >= 11 is 0. The van der Waals surface area contributed by atoms with E-state index in [1.807, 2.05) is 45.0 Å². The molecule has 0 saturated heterocycles. The van der Waals surface area contributed by atoms with Crippen LogP contribution in [0.4, 0.5) is 5.82 Å². The molecule has 0 fully saturated rings. The molecule has 0 amide bonds. The van der Waals surface area contributed by atoms with E-state index in [4.69, 9.17) is 9.47 Å². The van der Waals surface area contributed by atoms with Gasteiger partial charge < -0.3 is 14.8 Å². The number of nitrogens with zero attached hydrogens (tertiary/aromatic N) is 1. The normalized spacial score (nSPS) is 16.1. The summed E-state index contributed by atoms with van der Waals surface area (Å²) in [5, 5.41) is 10.6. The Labute approximate surface area is 160 Å². The molecule has 1 aromatic heterocycles. The Morgan fingerprint density at radius 3 is 2.70 bits per heavy atom. The zero-order valence-corrected chi connectivity index (χ0v) is 16.3. The topological polar surface area (TPSA) is 76.2 Å². The van der Waals surface area contributed by atoms with Crippen molar-refractivity contribution >= 4 is 11.8 Å². The second kappa shape index (κ2) is 8.29. The van der Waals surface area contributed by atoms with Crippen LogP contribution in [0.2, 0.25) is 0 Å². The van der Waals surface area contributed by atoms with Crippen LogP contribution in [0, 0.1) is 0 Å². The predicted octanol–water partition coefficient (Wildman–Crippen LogP) is 4.37. The first-order chi connectivity index (χ1) is 13.1. The molecule has 1 aromatic carbocycles. The minimum Gasteiger partial charge on any atom is -0.491 e. The van der Waals surface area contributed by atoms with Gasteiger partial charge in [0.1, 0.15) is 11.6 Å². The predicted molar refractivity (Wildman–Crippen MR) is 105 cm³/mol. The monoisotopic (exact) mass is 369 g/mol. The molecule has 2 N–H and O–H groups in total. The zero-order chi connectivity index (χ0) is 19.4. The molecule has 6 heteroatoms. The van der Waals surface area contributed by atoms with Crippen molar-refractivity contribution in [1.29, 1.82) is 0 Å². The molecule has 3 rings (SSSR count). The lowest BCUT2D eigenvalue weighted by molar-refractivity contribution is -0.138. The van der Waals surface area contributed by atoms with Crippen molar-refractivity contribution in [2.75, 3.05) is 11.9 Å². The number of allylic oxidation sites excluding steroid dienone is 1. The van der Waals surface area contributed by atoms with E-state index < -0.39 is 0 Å². The molecule has 2 heterocycles. The van der Waals surface area contributed by atoms with Gasteiger partial charge in [-0.05, 0) is 33.3 Å². The number of carbonyl (C=O) groups excluding carboxylic acids is 1. The number of benzene rings is 1. The van der Waals surface area contributed by atoms with Gasteiger partial charge in [-0.1, -0.05) is 31.5 Å². The molecular weight excluding hydrogens is 342 g/mol. The summed E-state index contributed by atoms with van der Waals surface area (Å²) in [6.07, 6.45) is 3.45.